The number of benzene rings is 1. The van der Waals surface area contributed by atoms with Gasteiger partial charge in [-0.3, -0.25) is 0 Å². The molecule has 0 aliphatic rings. The summed E-state index contributed by atoms with van der Waals surface area (Å²) in [4.78, 5) is 1.18. The van der Waals surface area contributed by atoms with Gasteiger partial charge in [0.1, 0.15) is 5.76 Å². The first kappa shape index (κ1) is 15.0. The number of rotatable bonds is 8. The molecule has 0 atom stereocenters. The molecule has 0 saturated heterocycles. The number of aromatic nitrogens is 1. The van der Waals surface area contributed by atoms with Crippen LogP contribution in [0.1, 0.15) is 43.9 Å². The number of nitrogens with one attached hydrogen (secondary N) is 1. The number of hydrogen-bond donors (Lipinski definition) is 1. The Hall–Kier alpha value is -1.42. The van der Waals surface area contributed by atoms with Crippen molar-refractivity contribution in [2.75, 3.05) is 4.72 Å². The largest absolute Gasteiger partial charge is 0.360 e. The summed E-state index contributed by atoms with van der Waals surface area (Å²) in [6.07, 6.45) is 6.44. The van der Waals surface area contributed by atoms with Gasteiger partial charge < -0.3 is 9.25 Å². The highest BCUT2D eigenvalue weighted by molar-refractivity contribution is 8.00. The summed E-state index contributed by atoms with van der Waals surface area (Å²) in [5.74, 6) is 1.58. The first-order chi connectivity index (χ1) is 9.78. The van der Waals surface area contributed by atoms with Gasteiger partial charge in [-0.25, -0.2) is 0 Å². The zero-order valence-corrected chi connectivity index (χ0v) is 13.0. The maximum absolute atomic E-state index is 5.01. The van der Waals surface area contributed by atoms with Crippen LogP contribution in [0.2, 0.25) is 0 Å². The van der Waals surface area contributed by atoms with Crippen molar-refractivity contribution >= 4 is 17.8 Å². The van der Waals surface area contributed by atoms with E-state index in [1.165, 1.54) is 42.6 Å². The zero-order valence-electron chi connectivity index (χ0n) is 12.2. The Bertz CT molecular complexity index is 507. The molecular formula is C16H22N2OS. The van der Waals surface area contributed by atoms with Gasteiger partial charge in [-0.2, -0.15) is 0 Å². The molecule has 3 nitrogen and oxygen atoms in total. The average Bonchev–Trinajstić information content (AvgIpc) is 2.88. The van der Waals surface area contributed by atoms with Gasteiger partial charge in [0.15, 0.2) is 5.82 Å². The average molecular weight is 290 g/mol. The third-order valence-corrected chi connectivity index (χ3v) is 3.96. The quantitative estimate of drug-likeness (QED) is 0.534. The first-order valence-electron chi connectivity index (χ1n) is 7.23. The summed E-state index contributed by atoms with van der Waals surface area (Å²) in [6.45, 7) is 4.13. The van der Waals surface area contributed by atoms with Gasteiger partial charge in [0.25, 0.3) is 0 Å². The van der Waals surface area contributed by atoms with E-state index >= 15 is 0 Å². The summed E-state index contributed by atoms with van der Waals surface area (Å²) in [6, 6.07) is 10.6. The predicted octanol–water partition coefficient (Wildman–Crippen LogP) is 5.23. The zero-order chi connectivity index (χ0) is 14.2. The van der Waals surface area contributed by atoms with Crippen molar-refractivity contribution in [1.82, 2.24) is 5.16 Å². The third-order valence-electron chi connectivity index (χ3n) is 3.14. The minimum absolute atomic E-state index is 0.760. The molecule has 0 radical (unpaired) electrons. The van der Waals surface area contributed by atoms with E-state index in [1.807, 2.05) is 13.0 Å². The van der Waals surface area contributed by atoms with Crippen LogP contribution in [-0.4, -0.2) is 5.16 Å². The van der Waals surface area contributed by atoms with Crippen molar-refractivity contribution in [1.29, 1.82) is 0 Å². The Kier molecular flexibility index (Phi) is 5.99. The Morgan fingerprint density at radius 2 is 1.95 bits per heavy atom. The van der Waals surface area contributed by atoms with Crippen molar-refractivity contribution in [3.63, 3.8) is 0 Å². The minimum atomic E-state index is 0.760. The topological polar surface area (TPSA) is 38.1 Å². The number of nitrogens with zero attached hydrogens (tertiary/aromatic N) is 1. The highest BCUT2D eigenvalue weighted by Crippen LogP contribution is 2.21. The van der Waals surface area contributed by atoms with E-state index in [4.69, 9.17) is 4.52 Å². The summed E-state index contributed by atoms with van der Waals surface area (Å²) >= 11 is 1.56. The number of unbranched alkanes of at least 4 members (excludes halogenated alkanes) is 3. The van der Waals surface area contributed by atoms with E-state index in [0.717, 1.165) is 11.6 Å². The van der Waals surface area contributed by atoms with Gasteiger partial charge in [-0.05, 0) is 49.4 Å². The minimum Gasteiger partial charge on any atom is -0.360 e. The molecule has 0 unspecified atom stereocenters. The lowest BCUT2D eigenvalue weighted by Gasteiger charge is -2.04. The second kappa shape index (κ2) is 8.00. The van der Waals surface area contributed by atoms with Crippen LogP contribution in [0.15, 0.2) is 39.8 Å². The number of anilines is 1. The Balaban J connectivity index is 1.76. The van der Waals surface area contributed by atoms with Crippen LogP contribution < -0.4 is 4.72 Å². The van der Waals surface area contributed by atoms with Crippen LogP contribution in [-0.2, 0) is 6.42 Å². The normalized spacial score (nSPS) is 10.7. The smallest absolute Gasteiger partial charge is 0.179 e. The summed E-state index contributed by atoms with van der Waals surface area (Å²) in [5.41, 5.74) is 1.42. The van der Waals surface area contributed by atoms with Crippen molar-refractivity contribution in [3.8, 4) is 0 Å². The molecule has 2 aromatic rings. The molecule has 1 aromatic heterocycles. The summed E-state index contributed by atoms with van der Waals surface area (Å²) in [5, 5.41) is 3.90. The predicted molar refractivity (Wildman–Crippen MR) is 85.0 cm³/mol. The van der Waals surface area contributed by atoms with Gasteiger partial charge in [0.05, 0.1) is 0 Å². The second-order valence-electron chi connectivity index (χ2n) is 4.98. The molecule has 1 N–H and O–H groups in total. The maximum atomic E-state index is 5.01. The van der Waals surface area contributed by atoms with Crippen LogP contribution in [0.3, 0.4) is 0 Å². The number of aryl methyl sites for hydroxylation is 2. The molecule has 108 valence electrons. The van der Waals surface area contributed by atoms with Crippen molar-refractivity contribution in [3.05, 3.63) is 41.7 Å². The van der Waals surface area contributed by atoms with E-state index < -0.39 is 0 Å². The van der Waals surface area contributed by atoms with E-state index in [0.29, 0.717) is 0 Å². The fourth-order valence-electron chi connectivity index (χ4n) is 2.01. The molecule has 0 amide bonds. The molecule has 4 heteroatoms. The molecular weight excluding hydrogens is 268 g/mol. The summed E-state index contributed by atoms with van der Waals surface area (Å²) in [7, 11) is 0. The monoisotopic (exact) mass is 290 g/mol. The molecule has 1 aromatic carbocycles. The Labute approximate surface area is 125 Å². The fraction of sp³-hybridized carbons (Fsp3) is 0.438. The number of hydrogen-bond acceptors (Lipinski definition) is 4. The molecule has 2 rings (SSSR count). The van der Waals surface area contributed by atoms with E-state index in [2.05, 4.69) is 41.1 Å². The Morgan fingerprint density at radius 1 is 1.15 bits per heavy atom. The van der Waals surface area contributed by atoms with Gasteiger partial charge in [0.2, 0.25) is 0 Å². The molecule has 0 aliphatic carbocycles. The first-order valence-corrected chi connectivity index (χ1v) is 8.04. The molecule has 0 fully saturated rings. The molecule has 0 saturated carbocycles. The van der Waals surface area contributed by atoms with E-state index in [1.54, 1.807) is 11.9 Å². The maximum Gasteiger partial charge on any atom is 0.179 e. The van der Waals surface area contributed by atoms with Gasteiger partial charge in [0, 0.05) is 11.0 Å². The van der Waals surface area contributed by atoms with E-state index in [-0.39, 0.29) is 0 Å². The second-order valence-corrected chi connectivity index (χ2v) is 5.86. The molecule has 1 heterocycles. The van der Waals surface area contributed by atoms with Gasteiger partial charge >= 0.3 is 0 Å². The molecule has 20 heavy (non-hydrogen) atoms. The third kappa shape index (κ3) is 4.93. The van der Waals surface area contributed by atoms with Crippen LogP contribution in [0, 0.1) is 6.92 Å². The van der Waals surface area contributed by atoms with Gasteiger partial charge in [-0.1, -0.05) is 43.5 Å². The highest BCUT2D eigenvalue weighted by atomic mass is 32.2. The van der Waals surface area contributed by atoms with Crippen molar-refractivity contribution in [2.45, 2.75) is 50.8 Å². The SMILES string of the molecule is CCCCCCc1ccc(SNc2cc(C)on2)cc1. The van der Waals surface area contributed by atoms with Crippen molar-refractivity contribution < 1.29 is 4.52 Å². The summed E-state index contributed by atoms with van der Waals surface area (Å²) < 4.78 is 8.18. The molecule has 0 spiro atoms. The fourth-order valence-corrected chi connectivity index (χ4v) is 2.60. The standard InChI is InChI=1S/C16H22N2OS/c1-3-4-5-6-7-14-8-10-15(11-9-14)20-18-16-12-13(2)19-17-16/h8-12H,3-7H2,1-2H3,(H,17,18). The molecule has 0 aliphatic heterocycles. The Morgan fingerprint density at radius 3 is 2.60 bits per heavy atom. The van der Waals surface area contributed by atoms with Crippen LogP contribution >= 0.6 is 11.9 Å². The lowest BCUT2D eigenvalue weighted by atomic mass is 10.1. The van der Waals surface area contributed by atoms with Crippen LogP contribution in [0.5, 0.6) is 0 Å². The highest BCUT2D eigenvalue weighted by Gasteiger charge is 2.01. The van der Waals surface area contributed by atoms with Crippen molar-refractivity contribution in [2.24, 2.45) is 0 Å². The van der Waals surface area contributed by atoms with E-state index in [9.17, 15) is 0 Å². The lowest BCUT2D eigenvalue weighted by molar-refractivity contribution is 0.400. The van der Waals surface area contributed by atoms with Crippen LogP contribution in [0.25, 0.3) is 0 Å². The van der Waals surface area contributed by atoms with Gasteiger partial charge in [-0.15, -0.1) is 0 Å². The van der Waals surface area contributed by atoms with Crippen LogP contribution in [0.4, 0.5) is 5.82 Å². The lowest BCUT2D eigenvalue weighted by Crippen LogP contribution is -1.88. The molecule has 0 bridgehead atoms.